The number of hydrogen-bond donors (Lipinski definition) is 2. The number of nitrogens with zero attached hydrogens (tertiary/aromatic N) is 1. The first-order valence-corrected chi connectivity index (χ1v) is 6.88. The Morgan fingerprint density at radius 3 is 3.05 bits per heavy atom. The highest BCUT2D eigenvalue weighted by Crippen LogP contribution is 2.26. The Morgan fingerprint density at radius 2 is 2.32 bits per heavy atom. The standard InChI is InChI=1S/C14H21N3O2/c1-2-8-16-13(18)9-17-12-5-3-4-11(15)10(12)6-7-14(17)19/h6-7,11H,2-5,8-9,15H2,1H3,(H,16,18). The first-order valence-electron chi connectivity index (χ1n) is 6.88. The summed E-state index contributed by atoms with van der Waals surface area (Å²) in [6, 6.07) is 3.30. The lowest BCUT2D eigenvalue weighted by Gasteiger charge is -2.25. The fourth-order valence-corrected chi connectivity index (χ4v) is 2.54. The quantitative estimate of drug-likeness (QED) is 0.840. The highest BCUT2D eigenvalue weighted by molar-refractivity contribution is 5.75. The third-order valence-electron chi connectivity index (χ3n) is 3.53. The Morgan fingerprint density at radius 1 is 1.53 bits per heavy atom. The van der Waals surface area contributed by atoms with Gasteiger partial charge in [-0.3, -0.25) is 9.59 Å². The van der Waals surface area contributed by atoms with Crippen molar-refractivity contribution in [3.63, 3.8) is 0 Å². The van der Waals surface area contributed by atoms with Gasteiger partial charge in [0.25, 0.3) is 5.56 Å². The van der Waals surface area contributed by atoms with Crippen LogP contribution in [0.15, 0.2) is 16.9 Å². The maximum Gasteiger partial charge on any atom is 0.251 e. The van der Waals surface area contributed by atoms with Gasteiger partial charge in [0, 0.05) is 24.3 Å². The number of amides is 1. The van der Waals surface area contributed by atoms with E-state index in [0.29, 0.717) is 6.54 Å². The van der Waals surface area contributed by atoms with E-state index in [4.69, 9.17) is 5.73 Å². The number of carbonyl (C=O) groups excluding carboxylic acids is 1. The SMILES string of the molecule is CCCNC(=O)Cn1c2c(ccc1=O)C(N)CCC2. The van der Waals surface area contributed by atoms with Gasteiger partial charge in [0.15, 0.2) is 0 Å². The molecule has 0 spiro atoms. The molecule has 1 aromatic rings. The lowest BCUT2D eigenvalue weighted by Crippen LogP contribution is -2.36. The van der Waals surface area contributed by atoms with Crippen LogP contribution in [-0.2, 0) is 17.8 Å². The zero-order valence-corrected chi connectivity index (χ0v) is 11.3. The van der Waals surface area contributed by atoms with Crippen LogP contribution in [0.4, 0.5) is 0 Å². The van der Waals surface area contributed by atoms with Crippen molar-refractivity contribution in [3.8, 4) is 0 Å². The van der Waals surface area contributed by atoms with Crippen LogP contribution < -0.4 is 16.6 Å². The average molecular weight is 263 g/mol. The highest BCUT2D eigenvalue weighted by Gasteiger charge is 2.21. The van der Waals surface area contributed by atoms with Crippen molar-refractivity contribution in [2.24, 2.45) is 5.73 Å². The molecule has 0 saturated heterocycles. The summed E-state index contributed by atoms with van der Waals surface area (Å²) in [6.07, 6.45) is 3.61. The summed E-state index contributed by atoms with van der Waals surface area (Å²) in [5.41, 5.74) is 7.87. The molecule has 1 aliphatic rings. The van der Waals surface area contributed by atoms with Gasteiger partial charge in [0.2, 0.25) is 5.91 Å². The fourth-order valence-electron chi connectivity index (χ4n) is 2.54. The van der Waals surface area contributed by atoms with E-state index in [-0.39, 0.29) is 24.1 Å². The third kappa shape index (κ3) is 3.04. The number of rotatable bonds is 4. The summed E-state index contributed by atoms with van der Waals surface area (Å²) < 4.78 is 1.57. The molecule has 3 N–H and O–H groups in total. The predicted octanol–water partition coefficient (Wildman–Crippen LogP) is 0.711. The largest absolute Gasteiger partial charge is 0.355 e. The number of nitrogens with one attached hydrogen (secondary N) is 1. The number of aromatic nitrogens is 1. The van der Waals surface area contributed by atoms with E-state index >= 15 is 0 Å². The molecule has 5 heteroatoms. The summed E-state index contributed by atoms with van der Waals surface area (Å²) in [5, 5.41) is 2.80. The number of fused-ring (bicyclic) bond motifs is 1. The summed E-state index contributed by atoms with van der Waals surface area (Å²) in [6.45, 7) is 2.73. The van der Waals surface area contributed by atoms with Crippen LogP contribution in [0.2, 0.25) is 0 Å². The zero-order chi connectivity index (χ0) is 13.8. The van der Waals surface area contributed by atoms with E-state index in [1.165, 1.54) is 6.07 Å². The van der Waals surface area contributed by atoms with Gasteiger partial charge in [-0.05, 0) is 31.2 Å². The van der Waals surface area contributed by atoms with E-state index in [2.05, 4.69) is 5.32 Å². The zero-order valence-electron chi connectivity index (χ0n) is 11.3. The Kier molecular flexibility index (Phi) is 4.37. The van der Waals surface area contributed by atoms with Gasteiger partial charge in [0.1, 0.15) is 6.54 Å². The van der Waals surface area contributed by atoms with Gasteiger partial charge >= 0.3 is 0 Å². The molecule has 1 aliphatic carbocycles. The highest BCUT2D eigenvalue weighted by atomic mass is 16.2. The van der Waals surface area contributed by atoms with Gasteiger partial charge in [-0.1, -0.05) is 13.0 Å². The van der Waals surface area contributed by atoms with Crippen LogP contribution >= 0.6 is 0 Å². The Labute approximate surface area is 112 Å². The molecule has 2 rings (SSSR count). The van der Waals surface area contributed by atoms with Gasteiger partial charge < -0.3 is 15.6 Å². The van der Waals surface area contributed by atoms with Gasteiger partial charge in [0.05, 0.1) is 0 Å². The molecule has 0 aromatic carbocycles. The molecule has 0 fully saturated rings. The van der Waals surface area contributed by atoms with E-state index in [0.717, 1.165) is 36.9 Å². The van der Waals surface area contributed by atoms with Gasteiger partial charge in [-0.2, -0.15) is 0 Å². The molecule has 5 nitrogen and oxygen atoms in total. The van der Waals surface area contributed by atoms with Crippen LogP contribution in [0.3, 0.4) is 0 Å². The van der Waals surface area contributed by atoms with E-state index in [1.54, 1.807) is 4.57 Å². The maximum absolute atomic E-state index is 11.9. The summed E-state index contributed by atoms with van der Waals surface area (Å²) in [4.78, 5) is 23.7. The molecule has 1 heterocycles. The lowest BCUT2D eigenvalue weighted by molar-refractivity contribution is -0.121. The molecule has 0 saturated carbocycles. The smallest absolute Gasteiger partial charge is 0.251 e. The molecule has 0 radical (unpaired) electrons. The Bertz CT molecular complexity index is 522. The van der Waals surface area contributed by atoms with Crippen LogP contribution in [0, 0.1) is 0 Å². The van der Waals surface area contributed by atoms with Gasteiger partial charge in [-0.15, -0.1) is 0 Å². The number of carbonyl (C=O) groups is 1. The van der Waals surface area contributed by atoms with E-state index in [1.807, 2.05) is 13.0 Å². The van der Waals surface area contributed by atoms with Crippen LogP contribution in [0.25, 0.3) is 0 Å². The molecule has 0 bridgehead atoms. The van der Waals surface area contributed by atoms with Gasteiger partial charge in [-0.25, -0.2) is 0 Å². The summed E-state index contributed by atoms with van der Waals surface area (Å²) >= 11 is 0. The molecule has 104 valence electrons. The van der Waals surface area contributed by atoms with Crippen molar-refractivity contribution in [2.75, 3.05) is 6.54 Å². The average Bonchev–Trinajstić information content (AvgIpc) is 2.40. The number of hydrogen-bond acceptors (Lipinski definition) is 3. The first kappa shape index (κ1) is 13.8. The molecule has 19 heavy (non-hydrogen) atoms. The molecule has 0 aliphatic heterocycles. The van der Waals surface area contributed by atoms with Crippen molar-refractivity contribution in [2.45, 2.75) is 45.2 Å². The third-order valence-corrected chi connectivity index (χ3v) is 3.53. The second kappa shape index (κ2) is 6.02. The van der Waals surface area contributed by atoms with Crippen molar-refractivity contribution < 1.29 is 4.79 Å². The number of pyridine rings is 1. The molecule has 1 unspecified atom stereocenters. The molecule has 1 amide bonds. The minimum atomic E-state index is -0.125. The second-order valence-corrected chi connectivity index (χ2v) is 5.01. The van der Waals surface area contributed by atoms with Crippen molar-refractivity contribution in [1.29, 1.82) is 0 Å². The molecule has 1 aromatic heterocycles. The van der Waals surface area contributed by atoms with Crippen LogP contribution in [-0.4, -0.2) is 17.0 Å². The number of nitrogens with two attached hydrogens (primary N) is 1. The summed E-state index contributed by atoms with van der Waals surface area (Å²) in [5.74, 6) is -0.114. The van der Waals surface area contributed by atoms with E-state index in [9.17, 15) is 9.59 Å². The van der Waals surface area contributed by atoms with Crippen LogP contribution in [0.1, 0.15) is 43.5 Å². The molecular formula is C14H21N3O2. The van der Waals surface area contributed by atoms with Crippen LogP contribution in [0.5, 0.6) is 0 Å². The molecule has 1 atom stereocenters. The Hall–Kier alpha value is -1.62. The topological polar surface area (TPSA) is 77.1 Å². The van der Waals surface area contributed by atoms with Crippen molar-refractivity contribution in [3.05, 3.63) is 33.7 Å². The molecular weight excluding hydrogens is 242 g/mol. The summed E-state index contributed by atoms with van der Waals surface area (Å²) in [7, 11) is 0. The monoisotopic (exact) mass is 263 g/mol. The van der Waals surface area contributed by atoms with E-state index < -0.39 is 0 Å². The second-order valence-electron chi connectivity index (χ2n) is 5.01. The van der Waals surface area contributed by atoms with Crippen molar-refractivity contribution >= 4 is 5.91 Å². The normalized spacial score (nSPS) is 17.9. The minimum absolute atomic E-state index is 0.0192. The Balaban J connectivity index is 2.27. The first-order chi connectivity index (χ1) is 9.13. The van der Waals surface area contributed by atoms with Crippen molar-refractivity contribution in [1.82, 2.24) is 9.88 Å². The fraction of sp³-hybridized carbons (Fsp3) is 0.571. The maximum atomic E-state index is 11.9. The predicted molar refractivity (Wildman–Crippen MR) is 73.9 cm³/mol. The minimum Gasteiger partial charge on any atom is -0.355 e. The lowest BCUT2D eigenvalue weighted by atomic mass is 9.91.